The summed E-state index contributed by atoms with van der Waals surface area (Å²) < 4.78 is 11.7. The van der Waals surface area contributed by atoms with Crippen LogP contribution in [-0.2, 0) is 21.3 Å². The number of hydrogen-bond acceptors (Lipinski definition) is 6. The van der Waals surface area contributed by atoms with E-state index in [-0.39, 0.29) is 30.5 Å². The van der Waals surface area contributed by atoms with Crippen molar-refractivity contribution in [3.8, 4) is 11.1 Å². The molecular formula is C24H24N4O6. The largest absolute Gasteiger partial charge is 0.479 e. The molecule has 1 heterocycles. The van der Waals surface area contributed by atoms with Gasteiger partial charge in [0.05, 0.1) is 6.54 Å². The van der Waals surface area contributed by atoms with Gasteiger partial charge in [0.25, 0.3) is 5.91 Å². The number of aryl methyl sites for hydroxylation is 1. The van der Waals surface area contributed by atoms with Gasteiger partial charge in [-0.05, 0) is 22.3 Å². The average Bonchev–Trinajstić information content (AvgIpc) is 3.35. The summed E-state index contributed by atoms with van der Waals surface area (Å²) in [6.45, 7) is -0.133. The molecule has 1 unspecified atom stereocenters. The third kappa shape index (κ3) is 4.62. The standard InChI is InChI=1S/C24H24N4O6/c1-28-12-18(22(29)25-11-20(33-2)23(30)31)21(27-28)26-24(32)34-13-19-16-9-5-3-7-14(16)15-8-4-6-10-17(15)19/h3-10,12,19-20H,11,13H2,1-2H3,(H,25,29)(H,30,31)(H,26,27,32). The minimum Gasteiger partial charge on any atom is -0.479 e. The van der Waals surface area contributed by atoms with Crippen molar-refractivity contribution in [1.82, 2.24) is 15.1 Å². The molecule has 10 nitrogen and oxygen atoms in total. The van der Waals surface area contributed by atoms with Gasteiger partial charge in [0.2, 0.25) is 0 Å². The Balaban J connectivity index is 1.42. The summed E-state index contributed by atoms with van der Waals surface area (Å²) >= 11 is 0. The van der Waals surface area contributed by atoms with Crippen LogP contribution in [0.5, 0.6) is 0 Å². The molecule has 0 radical (unpaired) electrons. The number of nitrogens with one attached hydrogen (secondary N) is 2. The topological polar surface area (TPSA) is 132 Å². The Morgan fingerprint density at radius 2 is 1.71 bits per heavy atom. The lowest BCUT2D eigenvalue weighted by Gasteiger charge is -2.14. The van der Waals surface area contributed by atoms with Gasteiger partial charge in [-0.25, -0.2) is 9.59 Å². The van der Waals surface area contributed by atoms with Crippen LogP contribution in [0.15, 0.2) is 54.7 Å². The summed E-state index contributed by atoms with van der Waals surface area (Å²) in [6, 6.07) is 16.0. The zero-order valence-electron chi connectivity index (χ0n) is 18.6. The van der Waals surface area contributed by atoms with Crippen molar-refractivity contribution in [2.24, 2.45) is 7.05 Å². The fourth-order valence-electron chi connectivity index (χ4n) is 4.03. The van der Waals surface area contributed by atoms with Crippen LogP contribution >= 0.6 is 0 Å². The molecule has 0 bridgehead atoms. The number of methoxy groups -OCH3 is 1. The number of amides is 2. The number of anilines is 1. The molecule has 0 saturated heterocycles. The van der Waals surface area contributed by atoms with Gasteiger partial charge >= 0.3 is 12.1 Å². The first-order chi connectivity index (χ1) is 16.4. The molecule has 0 aliphatic heterocycles. The maximum atomic E-state index is 12.6. The van der Waals surface area contributed by atoms with Gasteiger partial charge in [0.15, 0.2) is 11.9 Å². The number of nitrogens with zero attached hydrogens (tertiary/aromatic N) is 2. The van der Waals surface area contributed by atoms with Crippen LogP contribution in [0.4, 0.5) is 10.6 Å². The van der Waals surface area contributed by atoms with Crippen LogP contribution in [0.2, 0.25) is 0 Å². The van der Waals surface area contributed by atoms with E-state index in [2.05, 4.69) is 15.7 Å². The van der Waals surface area contributed by atoms with E-state index in [4.69, 9.17) is 14.6 Å². The number of rotatable bonds is 8. The lowest BCUT2D eigenvalue weighted by atomic mass is 9.98. The number of carbonyl (C=O) groups is 3. The Morgan fingerprint density at radius 1 is 1.09 bits per heavy atom. The van der Waals surface area contributed by atoms with Gasteiger partial charge in [0, 0.05) is 26.3 Å². The summed E-state index contributed by atoms with van der Waals surface area (Å²) in [4.78, 5) is 36.2. The van der Waals surface area contributed by atoms with E-state index in [1.54, 1.807) is 7.05 Å². The third-order valence-corrected chi connectivity index (χ3v) is 5.65. The van der Waals surface area contributed by atoms with Gasteiger partial charge < -0.3 is 19.9 Å². The van der Waals surface area contributed by atoms with E-state index in [9.17, 15) is 14.4 Å². The fraction of sp³-hybridized carbons (Fsp3) is 0.250. The molecule has 1 atom stereocenters. The molecule has 1 aromatic heterocycles. The van der Waals surface area contributed by atoms with E-state index in [0.29, 0.717) is 0 Å². The number of carbonyl (C=O) groups excluding carboxylic acids is 2. The minimum absolute atomic E-state index is 0.00140. The highest BCUT2D eigenvalue weighted by Gasteiger charge is 2.29. The van der Waals surface area contributed by atoms with Gasteiger partial charge in [-0.3, -0.25) is 14.8 Å². The molecule has 10 heteroatoms. The molecule has 1 aliphatic rings. The third-order valence-electron chi connectivity index (χ3n) is 5.65. The number of aromatic nitrogens is 2. The minimum atomic E-state index is -1.20. The van der Waals surface area contributed by atoms with Crippen molar-refractivity contribution in [2.75, 3.05) is 25.6 Å². The van der Waals surface area contributed by atoms with Gasteiger partial charge in [-0.1, -0.05) is 48.5 Å². The van der Waals surface area contributed by atoms with Crippen LogP contribution in [-0.4, -0.2) is 59.2 Å². The smallest absolute Gasteiger partial charge is 0.412 e. The number of benzene rings is 2. The van der Waals surface area contributed by atoms with E-state index in [1.807, 2.05) is 48.5 Å². The predicted molar refractivity (Wildman–Crippen MR) is 123 cm³/mol. The highest BCUT2D eigenvalue weighted by molar-refractivity contribution is 6.01. The van der Waals surface area contributed by atoms with Crippen molar-refractivity contribution < 1.29 is 29.0 Å². The molecule has 176 valence electrons. The molecule has 1 aliphatic carbocycles. The summed E-state index contributed by atoms with van der Waals surface area (Å²) in [7, 11) is 2.83. The van der Waals surface area contributed by atoms with Crippen molar-refractivity contribution >= 4 is 23.8 Å². The second-order valence-corrected chi connectivity index (χ2v) is 7.79. The Labute approximate surface area is 195 Å². The lowest BCUT2D eigenvalue weighted by Crippen LogP contribution is -2.38. The Bertz CT molecular complexity index is 1190. The summed E-state index contributed by atoms with van der Waals surface area (Å²) in [6.07, 6.45) is -0.536. The van der Waals surface area contributed by atoms with E-state index in [0.717, 1.165) is 22.3 Å². The normalized spacial score (nSPS) is 13.0. The van der Waals surface area contributed by atoms with Crippen molar-refractivity contribution in [1.29, 1.82) is 0 Å². The number of ether oxygens (including phenoxy) is 2. The zero-order chi connectivity index (χ0) is 24.2. The molecule has 2 amide bonds. The van der Waals surface area contributed by atoms with Crippen molar-refractivity contribution in [3.63, 3.8) is 0 Å². The van der Waals surface area contributed by atoms with Crippen LogP contribution in [0.1, 0.15) is 27.4 Å². The zero-order valence-corrected chi connectivity index (χ0v) is 18.6. The van der Waals surface area contributed by atoms with Crippen molar-refractivity contribution in [3.05, 3.63) is 71.4 Å². The average molecular weight is 464 g/mol. The number of aliphatic carboxylic acids is 1. The van der Waals surface area contributed by atoms with E-state index < -0.39 is 24.1 Å². The molecule has 4 rings (SSSR count). The Hall–Kier alpha value is -4.18. The number of carboxylic acids is 1. The SMILES string of the molecule is COC(CNC(=O)c1cn(C)nc1NC(=O)OCC1c2ccccc2-c2ccccc21)C(=O)O. The van der Waals surface area contributed by atoms with Gasteiger partial charge in [0.1, 0.15) is 12.2 Å². The maximum absolute atomic E-state index is 12.6. The van der Waals surface area contributed by atoms with Crippen molar-refractivity contribution in [2.45, 2.75) is 12.0 Å². The first-order valence-electron chi connectivity index (χ1n) is 10.6. The Morgan fingerprint density at radius 3 is 2.29 bits per heavy atom. The monoisotopic (exact) mass is 464 g/mol. The summed E-state index contributed by atoms with van der Waals surface area (Å²) in [5.41, 5.74) is 4.47. The molecule has 3 aromatic rings. The van der Waals surface area contributed by atoms with Gasteiger partial charge in [-0.2, -0.15) is 5.10 Å². The first-order valence-corrected chi connectivity index (χ1v) is 10.6. The molecule has 0 spiro atoms. The van der Waals surface area contributed by atoms with Crippen LogP contribution in [0.25, 0.3) is 11.1 Å². The highest BCUT2D eigenvalue weighted by Crippen LogP contribution is 2.44. The number of fused-ring (bicyclic) bond motifs is 3. The first kappa shape index (κ1) is 23.0. The van der Waals surface area contributed by atoms with Crippen LogP contribution < -0.4 is 10.6 Å². The molecular weight excluding hydrogens is 440 g/mol. The maximum Gasteiger partial charge on any atom is 0.412 e. The quantitative estimate of drug-likeness (QED) is 0.467. The molecule has 0 saturated carbocycles. The highest BCUT2D eigenvalue weighted by atomic mass is 16.5. The van der Waals surface area contributed by atoms with E-state index >= 15 is 0 Å². The Kier molecular flexibility index (Phi) is 6.60. The second-order valence-electron chi connectivity index (χ2n) is 7.79. The molecule has 3 N–H and O–H groups in total. The summed E-state index contributed by atoms with van der Waals surface area (Å²) in [5.74, 6) is -1.91. The lowest BCUT2D eigenvalue weighted by molar-refractivity contribution is -0.148. The number of hydrogen-bond donors (Lipinski definition) is 3. The van der Waals surface area contributed by atoms with E-state index in [1.165, 1.54) is 18.0 Å². The molecule has 2 aromatic carbocycles. The number of carboxylic acid groups (broad SMARTS) is 1. The molecule has 0 fully saturated rings. The summed E-state index contributed by atoms with van der Waals surface area (Å²) in [5, 5.41) is 18.1. The molecule has 34 heavy (non-hydrogen) atoms. The van der Waals surface area contributed by atoms with Crippen LogP contribution in [0.3, 0.4) is 0 Å². The predicted octanol–water partition coefficient (Wildman–Crippen LogP) is 2.61. The second kappa shape index (κ2) is 9.75. The fourth-order valence-corrected chi connectivity index (χ4v) is 4.03. The van der Waals surface area contributed by atoms with Gasteiger partial charge in [-0.15, -0.1) is 0 Å². The van der Waals surface area contributed by atoms with Crippen LogP contribution in [0, 0.1) is 0 Å².